The van der Waals surface area contributed by atoms with E-state index in [1.165, 1.54) is 17.0 Å². The van der Waals surface area contributed by atoms with Crippen LogP contribution in [-0.4, -0.2) is 53.6 Å². The number of carbonyl (C=O) groups excluding carboxylic acids is 3. The van der Waals surface area contributed by atoms with E-state index < -0.39 is 18.4 Å². The number of hydrogen-bond acceptors (Lipinski definition) is 3. The lowest BCUT2D eigenvalue weighted by atomic mass is 10.0. The molecule has 0 aromatic heterocycles. The van der Waals surface area contributed by atoms with Crippen molar-refractivity contribution in [3.8, 4) is 11.1 Å². The number of hydrogen-bond donors (Lipinski definition) is 0. The number of nitrogens with zero attached hydrogens (tertiary/aromatic N) is 2. The molecule has 0 N–H and O–H groups in total. The molecule has 0 aliphatic carbocycles. The Morgan fingerprint density at radius 3 is 2.03 bits per heavy atom. The standard InChI is InChI=1S/C28H26F2N2O3/c29-19-20-6-11-25(30)24(18-20)28(35)32-16-14-31(15-17-32)27(34)13-12-26(33)23-9-7-22(8-10-23)21-4-2-1-3-5-21/h1-11,18H,12-17,19H2. The monoisotopic (exact) mass is 476 g/mol. The van der Waals surface area contributed by atoms with Crippen molar-refractivity contribution in [2.24, 2.45) is 0 Å². The molecule has 2 amide bonds. The molecule has 0 saturated carbocycles. The SMILES string of the molecule is O=C(CCC(=O)N1CCN(C(=O)c2cc(CF)ccc2F)CC1)c1ccc(-c2ccccc2)cc1. The van der Waals surface area contributed by atoms with Crippen LogP contribution in [0.5, 0.6) is 0 Å². The van der Waals surface area contributed by atoms with Crippen molar-refractivity contribution in [3.05, 3.63) is 95.3 Å². The van der Waals surface area contributed by atoms with Gasteiger partial charge in [-0.15, -0.1) is 0 Å². The third kappa shape index (κ3) is 5.80. The van der Waals surface area contributed by atoms with Crippen LogP contribution in [0.25, 0.3) is 11.1 Å². The largest absolute Gasteiger partial charge is 0.339 e. The molecule has 7 heteroatoms. The lowest BCUT2D eigenvalue weighted by molar-refractivity contribution is -0.132. The average molecular weight is 477 g/mol. The third-order valence-electron chi connectivity index (χ3n) is 6.21. The molecule has 5 nitrogen and oxygen atoms in total. The fraction of sp³-hybridized carbons (Fsp3) is 0.250. The van der Waals surface area contributed by atoms with Crippen molar-refractivity contribution in [1.29, 1.82) is 0 Å². The first kappa shape index (κ1) is 24.3. The van der Waals surface area contributed by atoms with Crippen LogP contribution in [0.15, 0.2) is 72.8 Å². The molecular weight excluding hydrogens is 450 g/mol. The van der Waals surface area contributed by atoms with Gasteiger partial charge in [0.2, 0.25) is 5.91 Å². The van der Waals surface area contributed by atoms with Gasteiger partial charge < -0.3 is 9.80 Å². The topological polar surface area (TPSA) is 57.7 Å². The maximum Gasteiger partial charge on any atom is 0.256 e. The number of benzene rings is 3. The number of piperazine rings is 1. The van der Waals surface area contributed by atoms with Crippen LogP contribution in [0.1, 0.15) is 39.1 Å². The molecule has 1 aliphatic rings. The summed E-state index contributed by atoms with van der Waals surface area (Å²) in [5.41, 5.74) is 2.72. The number of rotatable bonds is 7. The normalized spacial score (nSPS) is 13.5. The van der Waals surface area contributed by atoms with Crippen molar-refractivity contribution in [2.75, 3.05) is 26.2 Å². The molecular formula is C28H26F2N2O3. The van der Waals surface area contributed by atoms with Crippen LogP contribution in [0.4, 0.5) is 8.78 Å². The van der Waals surface area contributed by atoms with E-state index in [2.05, 4.69) is 0 Å². The molecule has 3 aromatic carbocycles. The van der Waals surface area contributed by atoms with E-state index >= 15 is 0 Å². The number of amides is 2. The average Bonchev–Trinajstić information content (AvgIpc) is 2.92. The number of alkyl halides is 1. The highest BCUT2D eigenvalue weighted by molar-refractivity contribution is 5.98. The number of ketones is 1. The summed E-state index contributed by atoms with van der Waals surface area (Å²) in [5.74, 6) is -1.47. The second kappa shape index (κ2) is 11.0. The Kier molecular flexibility index (Phi) is 7.65. The van der Waals surface area contributed by atoms with Gasteiger partial charge in [0.1, 0.15) is 12.5 Å². The van der Waals surface area contributed by atoms with E-state index in [0.29, 0.717) is 18.7 Å². The minimum absolute atomic E-state index is 0.0837. The van der Waals surface area contributed by atoms with Gasteiger partial charge in [0.15, 0.2) is 5.78 Å². The van der Waals surface area contributed by atoms with Crippen molar-refractivity contribution < 1.29 is 23.2 Å². The van der Waals surface area contributed by atoms with E-state index in [-0.39, 0.29) is 48.7 Å². The van der Waals surface area contributed by atoms with Gasteiger partial charge in [0, 0.05) is 44.6 Å². The quantitative estimate of drug-likeness (QED) is 0.456. The Morgan fingerprint density at radius 1 is 0.743 bits per heavy atom. The Balaban J connectivity index is 1.27. The molecule has 35 heavy (non-hydrogen) atoms. The Labute approximate surface area is 203 Å². The van der Waals surface area contributed by atoms with Gasteiger partial charge in [0.25, 0.3) is 5.91 Å². The van der Waals surface area contributed by atoms with Crippen molar-refractivity contribution in [1.82, 2.24) is 9.80 Å². The first-order valence-corrected chi connectivity index (χ1v) is 11.6. The van der Waals surface area contributed by atoms with E-state index in [1.54, 1.807) is 17.0 Å². The number of carbonyl (C=O) groups is 3. The first-order valence-electron chi connectivity index (χ1n) is 11.6. The third-order valence-corrected chi connectivity index (χ3v) is 6.21. The van der Waals surface area contributed by atoms with E-state index in [4.69, 9.17) is 0 Å². The highest BCUT2D eigenvalue weighted by atomic mass is 19.1. The molecule has 3 aromatic rings. The van der Waals surface area contributed by atoms with E-state index in [1.807, 2.05) is 42.5 Å². The van der Waals surface area contributed by atoms with E-state index in [9.17, 15) is 23.2 Å². The van der Waals surface area contributed by atoms with E-state index in [0.717, 1.165) is 17.2 Å². The Hall–Kier alpha value is -3.87. The van der Waals surface area contributed by atoms with Gasteiger partial charge in [-0.3, -0.25) is 14.4 Å². The van der Waals surface area contributed by atoms with Gasteiger partial charge in [-0.05, 0) is 28.8 Å². The summed E-state index contributed by atoms with van der Waals surface area (Å²) in [4.78, 5) is 40.9. The maximum absolute atomic E-state index is 14.1. The summed E-state index contributed by atoms with van der Waals surface area (Å²) in [5, 5.41) is 0. The Morgan fingerprint density at radius 2 is 1.37 bits per heavy atom. The molecule has 4 rings (SSSR count). The molecule has 180 valence electrons. The molecule has 1 saturated heterocycles. The number of Topliss-reactive ketones (excluding diaryl/α,β-unsaturated/α-hetero) is 1. The van der Waals surface area contributed by atoms with Crippen molar-refractivity contribution in [2.45, 2.75) is 19.5 Å². The van der Waals surface area contributed by atoms with Crippen LogP contribution in [0, 0.1) is 5.82 Å². The summed E-state index contributed by atoms with van der Waals surface area (Å²) in [6.07, 6.45) is 0.185. The van der Waals surface area contributed by atoms with Crippen molar-refractivity contribution in [3.63, 3.8) is 0 Å². The predicted octanol–water partition coefficient (Wildman–Crippen LogP) is 4.91. The van der Waals surface area contributed by atoms with Crippen LogP contribution < -0.4 is 0 Å². The molecule has 0 atom stereocenters. The van der Waals surface area contributed by atoms with Crippen LogP contribution in [-0.2, 0) is 11.5 Å². The second-order valence-electron chi connectivity index (χ2n) is 8.49. The van der Waals surface area contributed by atoms with Crippen LogP contribution in [0.3, 0.4) is 0 Å². The van der Waals surface area contributed by atoms with Gasteiger partial charge in [-0.2, -0.15) is 0 Å². The second-order valence-corrected chi connectivity index (χ2v) is 8.49. The summed E-state index contributed by atoms with van der Waals surface area (Å²) < 4.78 is 27.0. The molecule has 1 aliphatic heterocycles. The molecule has 0 bridgehead atoms. The summed E-state index contributed by atoms with van der Waals surface area (Å²) in [6, 6.07) is 20.8. The maximum atomic E-state index is 14.1. The van der Waals surface area contributed by atoms with Crippen LogP contribution in [0.2, 0.25) is 0 Å². The minimum Gasteiger partial charge on any atom is -0.339 e. The molecule has 0 spiro atoms. The van der Waals surface area contributed by atoms with Gasteiger partial charge in [0.05, 0.1) is 5.56 Å². The van der Waals surface area contributed by atoms with Gasteiger partial charge >= 0.3 is 0 Å². The highest BCUT2D eigenvalue weighted by Gasteiger charge is 2.26. The fourth-order valence-electron chi connectivity index (χ4n) is 4.15. The zero-order valence-electron chi connectivity index (χ0n) is 19.3. The smallest absolute Gasteiger partial charge is 0.256 e. The summed E-state index contributed by atoms with van der Waals surface area (Å²) in [6.45, 7) is 0.320. The highest BCUT2D eigenvalue weighted by Crippen LogP contribution is 2.20. The summed E-state index contributed by atoms with van der Waals surface area (Å²) in [7, 11) is 0. The zero-order valence-corrected chi connectivity index (χ0v) is 19.3. The lowest BCUT2D eigenvalue weighted by Crippen LogP contribution is -2.50. The fourth-order valence-corrected chi connectivity index (χ4v) is 4.15. The van der Waals surface area contributed by atoms with Gasteiger partial charge in [-0.1, -0.05) is 60.7 Å². The van der Waals surface area contributed by atoms with Crippen LogP contribution >= 0.6 is 0 Å². The predicted molar refractivity (Wildman–Crippen MR) is 129 cm³/mol. The molecule has 0 unspecified atom stereocenters. The molecule has 1 fully saturated rings. The minimum atomic E-state index is -0.779. The zero-order chi connectivity index (χ0) is 24.8. The number of halogens is 2. The summed E-state index contributed by atoms with van der Waals surface area (Å²) >= 11 is 0. The lowest BCUT2D eigenvalue weighted by Gasteiger charge is -2.35. The Bertz CT molecular complexity index is 1200. The van der Waals surface area contributed by atoms with Crippen molar-refractivity contribution >= 4 is 17.6 Å². The van der Waals surface area contributed by atoms with Gasteiger partial charge in [-0.25, -0.2) is 8.78 Å². The first-order chi connectivity index (χ1) is 17.0. The molecule has 0 radical (unpaired) electrons. The molecule has 1 heterocycles.